The lowest BCUT2D eigenvalue weighted by atomic mass is 9.95. The van der Waals surface area contributed by atoms with E-state index >= 15 is 0 Å². The summed E-state index contributed by atoms with van der Waals surface area (Å²) in [5, 5.41) is 12.5. The van der Waals surface area contributed by atoms with Crippen molar-refractivity contribution in [3.05, 3.63) is 89.1 Å². The van der Waals surface area contributed by atoms with Crippen molar-refractivity contribution in [2.24, 2.45) is 0 Å². The van der Waals surface area contributed by atoms with Gasteiger partial charge in [-0.3, -0.25) is 4.79 Å². The van der Waals surface area contributed by atoms with Gasteiger partial charge < -0.3 is 20.1 Å². The average Bonchev–Trinajstić information content (AvgIpc) is 3.43. The number of benzene rings is 2. The second kappa shape index (κ2) is 13.3. The minimum Gasteiger partial charge on any atom is -0.394 e. The SMILES string of the molecule is CCS(=O)(=O)c1ccc([C@H](CO)NC(=O)c2ccc(N3CC(c4ccc(C(F)(F)F)cc4)C[C@H]3COC(F)F)nc2)cc1. The van der Waals surface area contributed by atoms with E-state index in [1.54, 1.807) is 4.90 Å². The topological polar surface area (TPSA) is 109 Å². The molecule has 1 unspecified atom stereocenters. The minimum atomic E-state index is -4.48. The molecule has 0 radical (unpaired) electrons. The van der Waals surface area contributed by atoms with Crippen molar-refractivity contribution in [1.82, 2.24) is 10.3 Å². The zero-order valence-corrected chi connectivity index (χ0v) is 23.8. The molecule has 0 saturated carbocycles. The number of pyridine rings is 1. The van der Waals surface area contributed by atoms with Gasteiger partial charge in [-0.25, -0.2) is 13.4 Å². The van der Waals surface area contributed by atoms with Crippen molar-refractivity contribution in [2.45, 2.75) is 49.0 Å². The molecule has 2 heterocycles. The molecule has 2 aromatic carbocycles. The molecule has 1 aliphatic rings. The average molecular weight is 628 g/mol. The lowest BCUT2D eigenvalue weighted by Gasteiger charge is -2.25. The van der Waals surface area contributed by atoms with Crippen LogP contribution in [-0.2, 0) is 20.8 Å². The number of carbonyl (C=O) groups excluding carboxylic acids is 1. The third-order valence-electron chi connectivity index (χ3n) is 7.35. The zero-order chi connectivity index (χ0) is 31.4. The van der Waals surface area contributed by atoms with Gasteiger partial charge in [0.15, 0.2) is 9.84 Å². The van der Waals surface area contributed by atoms with Crippen LogP contribution in [0.1, 0.15) is 52.4 Å². The molecule has 1 saturated heterocycles. The molecule has 1 aromatic heterocycles. The number of alkyl halides is 5. The first-order valence-corrected chi connectivity index (χ1v) is 15.0. The first kappa shape index (κ1) is 32.3. The molecule has 2 N–H and O–H groups in total. The van der Waals surface area contributed by atoms with Crippen LogP contribution >= 0.6 is 0 Å². The standard InChI is InChI=1S/C29H30F5N3O5S/c1-2-43(40,41)24-10-5-19(6-11-24)25(16-38)36-27(39)20-7-12-26(35-14-20)37-15-21(13-23(37)17-42-28(30)31)18-3-8-22(9-4-18)29(32,33)34/h3-12,14,21,23,25,28,38H,2,13,15-17H2,1H3,(H,36,39)/t21?,23-,25-/m0/s1. The Labute approximate surface area is 245 Å². The maximum absolute atomic E-state index is 13.0. The Morgan fingerprint density at radius 3 is 2.30 bits per heavy atom. The number of amides is 1. The number of carbonyl (C=O) groups is 1. The van der Waals surface area contributed by atoms with Crippen LogP contribution in [0.25, 0.3) is 0 Å². The second-order valence-electron chi connectivity index (χ2n) is 10.0. The number of nitrogens with one attached hydrogen (secondary N) is 1. The zero-order valence-electron chi connectivity index (χ0n) is 23.0. The molecule has 1 fully saturated rings. The summed E-state index contributed by atoms with van der Waals surface area (Å²) < 4.78 is 93.3. The van der Waals surface area contributed by atoms with Gasteiger partial charge >= 0.3 is 12.8 Å². The predicted octanol–water partition coefficient (Wildman–Crippen LogP) is 4.96. The number of nitrogens with zero attached hydrogens (tertiary/aromatic N) is 2. The number of rotatable bonds is 11. The fraction of sp³-hybridized carbons (Fsp3) is 0.379. The Hall–Kier alpha value is -3.62. The predicted molar refractivity (Wildman–Crippen MR) is 148 cm³/mol. The number of anilines is 1. The number of hydrogen-bond acceptors (Lipinski definition) is 7. The molecule has 4 rings (SSSR count). The summed E-state index contributed by atoms with van der Waals surface area (Å²) in [6, 6.07) is 12.1. The fourth-order valence-corrected chi connectivity index (χ4v) is 5.85. The smallest absolute Gasteiger partial charge is 0.394 e. The Balaban J connectivity index is 1.47. The molecule has 0 bridgehead atoms. The molecule has 14 heteroatoms. The van der Waals surface area contributed by atoms with Crippen LogP contribution in [0.2, 0.25) is 0 Å². The van der Waals surface area contributed by atoms with Gasteiger partial charge in [-0.2, -0.15) is 22.0 Å². The summed E-state index contributed by atoms with van der Waals surface area (Å²) in [4.78, 5) is 19.1. The number of aromatic nitrogens is 1. The molecule has 1 aliphatic heterocycles. The van der Waals surface area contributed by atoms with Crippen LogP contribution in [0.5, 0.6) is 0 Å². The highest BCUT2D eigenvalue weighted by molar-refractivity contribution is 7.91. The van der Waals surface area contributed by atoms with Gasteiger partial charge in [0, 0.05) is 18.7 Å². The highest BCUT2D eigenvalue weighted by Gasteiger charge is 2.36. The molecule has 232 valence electrons. The van der Waals surface area contributed by atoms with E-state index in [0.29, 0.717) is 23.4 Å². The fourth-order valence-electron chi connectivity index (χ4n) is 4.97. The molecule has 8 nitrogen and oxygen atoms in total. The Morgan fingerprint density at radius 2 is 1.77 bits per heavy atom. The van der Waals surface area contributed by atoms with E-state index in [9.17, 15) is 40.3 Å². The number of aliphatic hydroxyl groups excluding tert-OH is 1. The lowest BCUT2D eigenvalue weighted by molar-refractivity contribution is -0.137. The van der Waals surface area contributed by atoms with Crippen LogP contribution in [0.4, 0.5) is 27.8 Å². The molecule has 43 heavy (non-hydrogen) atoms. The third kappa shape index (κ3) is 7.86. The number of sulfone groups is 1. The lowest BCUT2D eigenvalue weighted by Crippen LogP contribution is -2.34. The van der Waals surface area contributed by atoms with Gasteiger partial charge in [0.25, 0.3) is 5.91 Å². The van der Waals surface area contributed by atoms with Crippen molar-refractivity contribution < 1.29 is 45.0 Å². The summed E-state index contributed by atoms with van der Waals surface area (Å²) in [5.74, 6) is -0.546. The highest BCUT2D eigenvalue weighted by atomic mass is 32.2. The number of hydrogen-bond donors (Lipinski definition) is 2. The van der Waals surface area contributed by atoms with E-state index in [1.807, 2.05) is 0 Å². The van der Waals surface area contributed by atoms with E-state index in [0.717, 1.165) is 12.1 Å². The van der Waals surface area contributed by atoms with Gasteiger partial charge in [0.1, 0.15) is 5.82 Å². The molecule has 3 aromatic rings. The summed E-state index contributed by atoms with van der Waals surface area (Å²) in [6.07, 6.45) is -2.86. The van der Waals surface area contributed by atoms with E-state index in [4.69, 9.17) is 0 Å². The van der Waals surface area contributed by atoms with E-state index in [1.165, 1.54) is 61.7 Å². The second-order valence-corrected chi connectivity index (χ2v) is 12.3. The Morgan fingerprint density at radius 1 is 1.09 bits per heavy atom. The monoisotopic (exact) mass is 627 g/mol. The number of ether oxygens (including phenoxy) is 1. The van der Waals surface area contributed by atoms with Crippen LogP contribution in [0, 0.1) is 0 Å². The van der Waals surface area contributed by atoms with Crippen LogP contribution in [0.3, 0.4) is 0 Å². The summed E-state index contributed by atoms with van der Waals surface area (Å²) in [7, 11) is -3.41. The molecule has 1 amide bonds. The van der Waals surface area contributed by atoms with Crippen LogP contribution in [0.15, 0.2) is 71.8 Å². The van der Waals surface area contributed by atoms with Crippen molar-refractivity contribution >= 4 is 21.6 Å². The maximum atomic E-state index is 13.0. The quantitative estimate of drug-likeness (QED) is 0.290. The largest absolute Gasteiger partial charge is 0.416 e. The minimum absolute atomic E-state index is 0.0668. The first-order valence-electron chi connectivity index (χ1n) is 13.4. The van der Waals surface area contributed by atoms with Crippen molar-refractivity contribution in [2.75, 3.05) is 30.4 Å². The third-order valence-corrected chi connectivity index (χ3v) is 9.10. The maximum Gasteiger partial charge on any atom is 0.416 e. The molecule has 0 aliphatic carbocycles. The van der Waals surface area contributed by atoms with Crippen LogP contribution < -0.4 is 10.2 Å². The number of aliphatic hydroxyl groups is 1. The van der Waals surface area contributed by atoms with Crippen molar-refractivity contribution in [3.63, 3.8) is 0 Å². The number of halogens is 5. The summed E-state index contributed by atoms with van der Waals surface area (Å²) in [5.41, 5.74) is 0.461. The Kier molecular flexibility index (Phi) is 10.0. The van der Waals surface area contributed by atoms with Crippen molar-refractivity contribution in [1.29, 1.82) is 0 Å². The van der Waals surface area contributed by atoms with Gasteiger partial charge in [0.05, 0.1) is 47.1 Å². The highest BCUT2D eigenvalue weighted by Crippen LogP contribution is 2.36. The molecule has 0 spiro atoms. The van der Waals surface area contributed by atoms with Gasteiger partial charge in [-0.1, -0.05) is 31.2 Å². The van der Waals surface area contributed by atoms with E-state index in [-0.39, 0.29) is 35.3 Å². The van der Waals surface area contributed by atoms with Gasteiger partial charge in [0.2, 0.25) is 0 Å². The Bertz CT molecular complexity index is 1480. The first-order chi connectivity index (χ1) is 20.3. The van der Waals surface area contributed by atoms with Crippen molar-refractivity contribution in [3.8, 4) is 0 Å². The molecular formula is C29H30F5N3O5S. The van der Waals surface area contributed by atoms with Gasteiger partial charge in [-0.05, 0) is 53.9 Å². The summed E-state index contributed by atoms with van der Waals surface area (Å²) >= 11 is 0. The summed E-state index contributed by atoms with van der Waals surface area (Å²) in [6.45, 7) is -2.00. The van der Waals surface area contributed by atoms with Gasteiger partial charge in [-0.15, -0.1) is 0 Å². The molecule has 3 atom stereocenters. The van der Waals surface area contributed by atoms with Crippen LogP contribution in [-0.4, -0.2) is 62.6 Å². The van der Waals surface area contributed by atoms with E-state index in [2.05, 4.69) is 15.0 Å². The molecular weight excluding hydrogens is 597 g/mol. The normalized spacial score (nSPS) is 18.2. The van der Waals surface area contributed by atoms with E-state index < -0.39 is 52.8 Å².